The van der Waals surface area contributed by atoms with Gasteiger partial charge in [0.05, 0.1) is 6.07 Å². The van der Waals surface area contributed by atoms with Crippen LogP contribution in [0.2, 0.25) is 0 Å². The van der Waals surface area contributed by atoms with Crippen molar-refractivity contribution in [1.82, 2.24) is 5.32 Å². The number of benzene rings is 1. The Morgan fingerprint density at radius 2 is 1.55 bits per heavy atom. The molecule has 2 heteroatoms. The van der Waals surface area contributed by atoms with Crippen LogP contribution in [-0.2, 0) is 0 Å². The summed E-state index contributed by atoms with van der Waals surface area (Å²) in [4.78, 5) is 0. The fourth-order valence-corrected chi connectivity index (χ4v) is 5.43. The summed E-state index contributed by atoms with van der Waals surface area (Å²) >= 11 is 0. The van der Waals surface area contributed by atoms with E-state index in [1.807, 2.05) is 18.2 Å². The van der Waals surface area contributed by atoms with Gasteiger partial charge in [-0.3, -0.25) is 5.32 Å². The summed E-state index contributed by atoms with van der Waals surface area (Å²) in [6.07, 6.45) is 8.23. The van der Waals surface area contributed by atoms with Gasteiger partial charge in [-0.1, -0.05) is 30.3 Å². The number of nitriles is 1. The van der Waals surface area contributed by atoms with Gasteiger partial charge < -0.3 is 0 Å². The van der Waals surface area contributed by atoms with Crippen molar-refractivity contribution in [1.29, 1.82) is 5.26 Å². The topological polar surface area (TPSA) is 35.8 Å². The van der Waals surface area contributed by atoms with E-state index >= 15 is 0 Å². The van der Waals surface area contributed by atoms with Crippen molar-refractivity contribution in [3.05, 3.63) is 35.9 Å². The molecule has 4 aliphatic carbocycles. The first-order valence-corrected chi connectivity index (χ1v) is 7.99. The van der Waals surface area contributed by atoms with Gasteiger partial charge in [0.2, 0.25) is 0 Å². The van der Waals surface area contributed by atoms with E-state index in [-0.39, 0.29) is 11.6 Å². The van der Waals surface area contributed by atoms with Gasteiger partial charge in [0, 0.05) is 5.54 Å². The quantitative estimate of drug-likeness (QED) is 0.903. The first kappa shape index (κ1) is 12.4. The Bertz CT molecular complexity index is 493. The molecule has 0 aliphatic heterocycles. The predicted octanol–water partition coefficient (Wildman–Crippen LogP) is 3.81. The lowest BCUT2D eigenvalue weighted by molar-refractivity contribution is -0.0226. The molecule has 0 amide bonds. The molecular weight excluding hydrogens is 244 g/mol. The molecule has 4 saturated carbocycles. The Morgan fingerprint density at radius 3 is 2.05 bits per heavy atom. The molecule has 0 saturated heterocycles. The van der Waals surface area contributed by atoms with Crippen molar-refractivity contribution in [2.75, 3.05) is 0 Å². The number of hydrogen-bond acceptors (Lipinski definition) is 2. The molecule has 0 heterocycles. The third-order valence-electron chi connectivity index (χ3n) is 5.75. The molecule has 0 spiro atoms. The van der Waals surface area contributed by atoms with Crippen LogP contribution in [0.5, 0.6) is 0 Å². The Labute approximate surface area is 121 Å². The second-order valence-corrected chi connectivity index (χ2v) is 7.32. The molecule has 0 radical (unpaired) electrons. The summed E-state index contributed by atoms with van der Waals surface area (Å²) in [7, 11) is 0. The highest BCUT2D eigenvalue weighted by atomic mass is 15.0. The van der Waals surface area contributed by atoms with Gasteiger partial charge in [0.15, 0.2) is 0 Å². The van der Waals surface area contributed by atoms with Crippen molar-refractivity contribution in [2.24, 2.45) is 17.8 Å². The van der Waals surface area contributed by atoms with Crippen LogP contribution in [0.15, 0.2) is 30.3 Å². The number of nitrogens with one attached hydrogen (secondary N) is 1. The second kappa shape index (κ2) is 4.60. The molecular formula is C18H22N2. The highest BCUT2D eigenvalue weighted by Crippen LogP contribution is 2.56. The SMILES string of the molecule is N#C[C@@H](NC12CC3CC(CC(C3)C1)C2)c1ccccc1. The van der Waals surface area contributed by atoms with E-state index in [1.54, 1.807) is 0 Å². The standard InChI is InChI=1S/C18H22N2/c19-12-17(16-4-2-1-3-5-16)20-18-9-13-6-14(10-18)8-15(7-13)11-18/h1-5,13-15,17,20H,6-11H2/t13?,14?,15?,17-,18?/m1/s1. The number of hydrogen-bond donors (Lipinski definition) is 1. The monoisotopic (exact) mass is 266 g/mol. The second-order valence-electron chi connectivity index (χ2n) is 7.32. The summed E-state index contributed by atoms with van der Waals surface area (Å²) < 4.78 is 0. The summed E-state index contributed by atoms with van der Waals surface area (Å²) in [5, 5.41) is 13.3. The fourth-order valence-electron chi connectivity index (χ4n) is 5.43. The first-order valence-electron chi connectivity index (χ1n) is 7.99. The van der Waals surface area contributed by atoms with Crippen LogP contribution in [0.3, 0.4) is 0 Å². The molecule has 0 unspecified atom stereocenters. The molecule has 5 rings (SSSR count). The maximum Gasteiger partial charge on any atom is 0.121 e. The summed E-state index contributed by atoms with van der Waals surface area (Å²) in [5.74, 6) is 2.76. The average molecular weight is 266 g/mol. The zero-order valence-electron chi connectivity index (χ0n) is 11.9. The third-order valence-corrected chi connectivity index (χ3v) is 5.75. The third kappa shape index (κ3) is 2.05. The van der Waals surface area contributed by atoms with Crippen molar-refractivity contribution in [2.45, 2.75) is 50.1 Å². The minimum absolute atomic E-state index is 0.146. The highest BCUT2D eigenvalue weighted by Gasteiger charge is 2.51. The summed E-state index contributed by atoms with van der Waals surface area (Å²) in [5.41, 5.74) is 1.37. The van der Waals surface area contributed by atoms with Crippen LogP contribution in [0.1, 0.15) is 50.1 Å². The van der Waals surface area contributed by atoms with E-state index in [9.17, 15) is 5.26 Å². The molecule has 1 aromatic rings. The van der Waals surface area contributed by atoms with Gasteiger partial charge >= 0.3 is 0 Å². The first-order chi connectivity index (χ1) is 9.76. The fraction of sp³-hybridized carbons (Fsp3) is 0.611. The van der Waals surface area contributed by atoms with Crippen molar-refractivity contribution < 1.29 is 0 Å². The molecule has 1 aromatic carbocycles. The molecule has 4 fully saturated rings. The van der Waals surface area contributed by atoms with Crippen LogP contribution < -0.4 is 5.32 Å². The smallest absolute Gasteiger partial charge is 0.121 e. The molecule has 104 valence electrons. The summed E-state index contributed by atoms with van der Waals surface area (Å²) in [6.45, 7) is 0. The van der Waals surface area contributed by atoms with E-state index < -0.39 is 0 Å². The van der Waals surface area contributed by atoms with Gasteiger partial charge in [-0.25, -0.2) is 0 Å². The van der Waals surface area contributed by atoms with E-state index in [2.05, 4.69) is 23.5 Å². The Hall–Kier alpha value is -1.33. The zero-order chi connectivity index (χ0) is 13.6. The minimum Gasteiger partial charge on any atom is -0.293 e. The van der Waals surface area contributed by atoms with E-state index in [0.717, 1.165) is 23.3 Å². The maximum absolute atomic E-state index is 9.57. The molecule has 4 bridgehead atoms. The largest absolute Gasteiger partial charge is 0.293 e. The lowest BCUT2D eigenvalue weighted by Crippen LogP contribution is -2.58. The maximum atomic E-state index is 9.57. The summed E-state index contributed by atoms with van der Waals surface area (Å²) in [6, 6.07) is 12.6. The lowest BCUT2D eigenvalue weighted by Gasteiger charge is -2.57. The van der Waals surface area contributed by atoms with Gasteiger partial charge in [-0.05, 0) is 61.8 Å². The lowest BCUT2D eigenvalue weighted by atomic mass is 9.53. The van der Waals surface area contributed by atoms with Gasteiger partial charge in [0.25, 0.3) is 0 Å². The van der Waals surface area contributed by atoms with Crippen molar-refractivity contribution >= 4 is 0 Å². The van der Waals surface area contributed by atoms with E-state index in [4.69, 9.17) is 0 Å². The average Bonchev–Trinajstić information content (AvgIpc) is 2.44. The van der Waals surface area contributed by atoms with Gasteiger partial charge in [-0.15, -0.1) is 0 Å². The van der Waals surface area contributed by atoms with Gasteiger partial charge in [0.1, 0.15) is 6.04 Å². The molecule has 0 aromatic heterocycles. The Balaban J connectivity index is 1.57. The Morgan fingerprint density at radius 1 is 1.00 bits per heavy atom. The molecule has 20 heavy (non-hydrogen) atoms. The van der Waals surface area contributed by atoms with E-state index in [1.165, 1.54) is 38.5 Å². The van der Waals surface area contributed by atoms with Crippen molar-refractivity contribution in [3.8, 4) is 6.07 Å². The van der Waals surface area contributed by atoms with Crippen LogP contribution >= 0.6 is 0 Å². The highest BCUT2D eigenvalue weighted by molar-refractivity contribution is 5.25. The normalized spacial score (nSPS) is 39.5. The van der Waals surface area contributed by atoms with Crippen LogP contribution in [-0.4, -0.2) is 5.54 Å². The molecule has 1 atom stereocenters. The van der Waals surface area contributed by atoms with Crippen LogP contribution in [0, 0.1) is 29.1 Å². The molecule has 2 nitrogen and oxygen atoms in total. The molecule has 4 aliphatic rings. The Kier molecular flexibility index (Phi) is 2.86. The predicted molar refractivity (Wildman–Crippen MR) is 78.8 cm³/mol. The van der Waals surface area contributed by atoms with Crippen LogP contribution in [0.4, 0.5) is 0 Å². The van der Waals surface area contributed by atoms with Gasteiger partial charge in [-0.2, -0.15) is 5.26 Å². The zero-order valence-corrected chi connectivity index (χ0v) is 11.9. The van der Waals surface area contributed by atoms with Crippen LogP contribution in [0.25, 0.3) is 0 Å². The van der Waals surface area contributed by atoms with Crippen molar-refractivity contribution in [3.63, 3.8) is 0 Å². The van der Waals surface area contributed by atoms with E-state index in [0.29, 0.717) is 0 Å². The molecule has 1 N–H and O–H groups in total. The number of rotatable bonds is 3. The number of nitrogens with zero attached hydrogens (tertiary/aromatic N) is 1. The minimum atomic E-state index is -0.146.